The summed E-state index contributed by atoms with van der Waals surface area (Å²) in [6, 6.07) is 11.7. The Labute approximate surface area is 171 Å². The molecule has 2 atom stereocenters. The highest BCUT2D eigenvalue weighted by molar-refractivity contribution is 6.08. The molecule has 2 aromatic carbocycles. The van der Waals surface area contributed by atoms with Gasteiger partial charge in [-0.3, -0.25) is 14.1 Å². The third kappa shape index (κ3) is 3.96. The third-order valence-electron chi connectivity index (χ3n) is 4.99. The number of likely N-dealkylation sites (N-methyl/N-ethyl adjacent to an activating group) is 1. The Bertz CT molecular complexity index is 936. The fourth-order valence-electron chi connectivity index (χ4n) is 3.44. The first kappa shape index (κ1) is 21.6. The Morgan fingerprint density at radius 1 is 1.13 bits per heavy atom. The number of nitrogens with zero attached hydrogens (tertiary/aromatic N) is 2. The lowest BCUT2D eigenvalue weighted by molar-refractivity contribution is -0.129. The van der Waals surface area contributed by atoms with E-state index in [-0.39, 0.29) is 30.1 Å². The number of carbonyl (C=O) groups is 1. The molecule has 0 saturated carbocycles. The molecule has 1 heterocycles. The van der Waals surface area contributed by atoms with E-state index < -0.39 is 30.9 Å². The Hall–Kier alpha value is -3.10. The van der Waals surface area contributed by atoms with Crippen molar-refractivity contribution < 1.29 is 27.1 Å². The molecular weight excluding hydrogens is 402 g/mol. The molecule has 1 aliphatic heterocycles. The Balaban J connectivity index is 2.08. The zero-order valence-electron chi connectivity index (χ0n) is 16.2. The molecule has 0 aromatic heterocycles. The minimum Gasteiger partial charge on any atom is -0.435 e. The summed E-state index contributed by atoms with van der Waals surface area (Å²) in [5.74, 6) is -0.588. The smallest absolute Gasteiger partial charge is 0.387 e. The highest BCUT2D eigenvalue weighted by Gasteiger charge is 2.49. The van der Waals surface area contributed by atoms with Crippen LogP contribution in [-0.4, -0.2) is 37.1 Å². The van der Waals surface area contributed by atoms with Crippen molar-refractivity contribution in [1.29, 1.82) is 0 Å². The van der Waals surface area contributed by atoms with Crippen LogP contribution in [0.5, 0.6) is 5.75 Å². The van der Waals surface area contributed by atoms with Crippen molar-refractivity contribution >= 4 is 11.9 Å². The van der Waals surface area contributed by atoms with Gasteiger partial charge in [0.1, 0.15) is 11.9 Å². The number of hydrogen-bond acceptors (Lipinski definition) is 4. The molecule has 3 rings (SSSR count). The Morgan fingerprint density at radius 2 is 1.83 bits per heavy atom. The second-order valence-corrected chi connectivity index (χ2v) is 6.87. The molecule has 2 N–H and O–H groups in total. The number of nitrogens with two attached hydrogens (primary N) is 1. The molecule has 0 saturated heterocycles. The molecule has 0 bridgehead atoms. The topological polar surface area (TPSA) is 67.9 Å². The van der Waals surface area contributed by atoms with Crippen LogP contribution in [0.15, 0.2) is 53.5 Å². The fourth-order valence-corrected chi connectivity index (χ4v) is 3.44. The second kappa shape index (κ2) is 8.73. The van der Waals surface area contributed by atoms with Crippen LogP contribution < -0.4 is 10.5 Å². The molecule has 30 heavy (non-hydrogen) atoms. The zero-order chi connectivity index (χ0) is 21.9. The van der Waals surface area contributed by atoms with E-state index in [1.54, 1.807) is 18.2 Å². The molecular formula is C21H21F4N3O2. The van der Waals surface area contributed by atoms with Crippen molar-refractivity contribution in [1.82, 2.24) is 4.90 Å². The number of halogens is 4. The lowest BCUT2D eigenvalue weighted by atomic mass is 9.81. The standard InChI is InChI=1S/C21H21F4N3O2/c1-28-18(29)21(27-20(28)26,14-7-9-16(10-8-14)30-19(24)25)15-5-2-4-13(12-15)17(23)6-3-11-22/h2,4-5,7-10,12,17,19H,3,6,11H2,1H3,(H2,26,27). The van der Waals surface area contributed by atoms with Crippen molar-refractivity contribution in [3.8, 4) is 5.75 Å². The minimum absolute atomic E-state index is 0.00583. The van der Waals surface area contributed by atoms with E-state index >= 15 is 0 Å². The highest BCUT2D eigenvalue weighted by atomic mass is 19.3. The average Bonchev–Trinajstić information content (AvgIpc) is 2.97. The minimum atomic E-state index is -2.99. The van der Waals surface area contributed by atoms with E-state index in [1.165, 1.54) is 42.3 Å². The first-order valence-electron chi connectivity index (χ1n) is 9.29. The molecule has 9 heteroatoms. The molecule has 0 spiro atoms. The molecule has 0 radical (unpaired) electrons. The normalized spacial score (nSPS) is 19.9. The second-order valence-electron chi connectivity index (χ2n) is 6.87. The zero-order valence-corrected chi connectivity index (χ0v) is 16.2. The van der Waals surface area contributed by atoms with Gasteiger partial charge >= 0.3 is 6.61 Å². The van der Waals surface area contributed by atoms with E-state index in [0.29, 0.717) is 11.1 Å². The number of rotatable bonds is 8. The van der Waals surface area contributed by atoms with Crippen molar-refractivity contribution in [3.05, 3.63) is 65.2 Å². The first-order chi connectivity index (χ1) is 14.3. The van der Waals surface area contributed by atoms with Gasteiger partial charge in [0.2, 0.25) is 0 Å². The fraction of sp³-hybridized carbons (Fsp3) is 0.333. The van der Waals surface area contributed by atoms with Gasteiger partial charge in [-0.1, -0.05) is 30.3 Å². The maximum Gasteiger partial charge on any atom is 0.387 e. The van der Waals surface area contributed by atoms with Gasteiger partial charge in [0.25, 0.3) is 5.91 Å². The van der Waals surface area contributed by atoms with E-state index in [0.717, 1.165) is 0 Å². The number of benzene rings is 2. The van der Waals surface area contributed by atoms with Gasteiger partial charge in [0.05, 0.1) is 6.67 Å². The van der Waals surface area contributed by atoms with Crippen molar-refractivity contribution in [2.75, 3.05) is 13.7 Å². The maximum absolute atomic E-state index is 14.5. The van der Waals surface area contributed by atoms with E-state index in [9.17, 15) is 22.4 Å². The predicted octanol–water partition coefficient (Wildman–Crippen LogP) is 4.08. The van der Waals surface area contributed by atoms with Crippen LogP contribution in [0.25, 0.3) is 0 Å². The molecule has 0 aliphatic carbocycles. The van der Waals surface area contributed by atoms with Crippen LogP contribution in [0.2, 0.25) is 0 Å². The number of amides is 1. The van der Waals surface area contributed by atoms with Gasteiger partial charge < -0.3 is 10.5 Å². The van der Waals surface area contributed by atoms with Crippen LogP contribution in [-0.2, 0) is 10.3 Å². The largest absolute Gasteiger partial charge is 0.435 e. The quantitative estimate of drug-likeness (QED) is 0.651. The van der Waals surface area contributed by atoms with Crippen molar-refractivity contribution in [3.63, 3.8) is 0 Å². The Kier molecular flexibility index (Phi) is 6.28. The van der Waals surface area contributed by atoms with Crippen molar-refractivity contribution in [2.45, 2.75) is 31.2 Å². The van der Waals surface area contributed by atoms with Crippen LogP contribution in [0.1, 0.15) is 35.7 Å². The lowest BCUT2D eigenvalue weighted by Gasteiger charge is -2.27. The summed E-state index contributed by atoms with van der Waals surface area (Å²) in [7, 11) is 1.46. The predicted molar refractivity (Wildman–Crippen MR) is 104 cm³/mol. The van der Waals surface area contributed by atoms with Crippen LogP contribution in [0, 0.1) is 0 Å². The molecule has 2 aromatic rings. The number of guanidine groups is 1. The van der Waals surface area contributed by atoms with Gasteiger partial charge in [-0.2, -0.15) is 8.78 Å². The number of aliphatic imine (C=N–C) groups is 1. The summed E-state index contributed by atoms with van der Waals surface area (Å²) in [6.07, 6.45) is -1.32. The average molecular weight is 423 g/mol. The first-order valence-corrected chi connectivity index (χ1v) is 9.29. The molecule has 0 fully saturated rings. The SMILES string of the molecule is CN1C(=O)C(c2ccc(OC(F)F)cc2)(c2cccc(C(F)CCCF)c2)N=C1N. The summed E-state index contributed by atoms with van der Waals surface area (Å²) in [5, 5.41) is 0. The summed E-state index contributed by atoms with van der Waals surface area (Å²) < 4.78 is 56.2. The summed E-state index contributed by atoms with van der Waals surface area (Å²) in [6.45, 7) is -3.61. The van der Waals surface area contributed by atoms with Crippen LogP contribution in [0.3, 0.4) is 0 Å². The van der Waals surface area contributed by atoms with Gasteiger partial charge in [-0.05, 0) is 47.7 Å². The van der Waals surface area contributed by atoms with Gasteiger partial charge in [0.15, 0.2) is 11.5 Å². The number of hydrogen-bond donors (Lipinski definition) is 1. The molecule has 160 valence electrons. The van der Waals surface area contributed by atoms with Gasteiger partial charge in [0, 0.05) is 7.05 Å². The summed E-state index contributed by atoms with van der Waals surface area (Å²) in [4.78, 5) is 18.7. The highest BCUT2D eigenvalue weighted by Crippen LogP contribution is 2.41. The van der Waals surface area contributed by atoms with Gasteiger partial charge in [-0.25, -0.2) is 9.38 Å². The van der Waals surface area contributed by atoms with Crippen LogP contribution in [0.4, 0.5) is 17.6 Å². The monoisotopic (exact) mass is 423 g/mol. The number of ether oxygens (including phenoxy) is 1. The van der Waals surface area contributed by atoms with E-state index in [4.69, 9.17) is 5.73 Å². The number of carbonyl (C=O) groups excluding carboxylic acids is 1. The van der Waals surface area contributed by atoms with Gasteiger partial charge in [-0.15, -0.1) is 0 Å². The van der Waals surface area contributed by atoms with Crippen molar-refractivity contribution in [2.24, 2.45) is 10.7 Å². The van der Waals surface area contributed by atoms with E-state index in [2.05, 4.69) is 9.73 Å². The maximum atomic E-state index is 14.5. The Morgan fingerprint density at radius 3 is 2.40 bits per heavy atom. The van der Waals surface area contributed by atoms with Crippen LogP contribution >= 0.6 is 0 Å². The molecule has 5 nitrogen and oxygen atoms in total. The molecule has 2 unspecified atom stereocenters. The number of alkyl halides is 4. The summed E-state index contributed by atoms with van der Waals surface area (Å²) >= 11 is 0. The third-order valence-corrected chi connectivity index (χ3v) is 4.99. The van der Waals surface area contributed by atoms with E-state index in [1.807, 2.05) is 0 Å². The summed E-state index contributed by atoms with van der Waals surface area (Å²) in [5.41, 5.74) is 5.30. The molecule has 1 amide bonds. The molecule has 1 aliphatic rings. The lowest BCUT2D eigenvalue weighted by Crippen LogP contribution is -2.41.